The van der Waals surface area contributed by atoms with Crippen molar-refractivity contribution in [1.82, 2.24) is 0 Å². The predicted octanol–water partition coefficient (Wildman–Crippen LogP) is 2.71. The van der Waals surface area contributed by atoms with E-state index in [1.165, 1.54) is 5.56 Å². The van der Waals surface area contributed by atoms with E-state index in [0.717, 1.165) is 17.9 Å². The van der Waals surface area contributed by atoms with Gasteiger partial charge in [-0.05, 0) is 31.0 Å². The second kappa shape index (κ2) is 5.87. The van der Waals surface area contributed by atoms with Crippen molar-refractivity contribution >= 4 is 11.5 Å². The third-order valence-corrected chi connectivity index (χ3v) is 2.09. The molecule has 0 atom stereocenters. The number of rotatable bonds is 3. The number of amidine groups is 1. The number of hydrogen-bond acceptors (Lipinski definition) is 1. The number of nitrogens with one attached hydrogen (secondary N) is 1. The molecule has 0 aliphatic heterocycles. The lowest BCUT2D eigenvalue weighted by Gasteiger charge is -2.05. The number of aliphatic imine (C=N–C) groups is 1. The summed E-state index contributed by atoms with van der Waals surface area (Å²) in [5, 5.41) is 3.18. The molecule has 0 unspecified atom stereocenters. The van der Waals surface area contributed by atoms with Crippen LogP contribution in [0.5, 0.6) is 0 Å². The molecule has 1 rings (SSSR count). The molecule has 0 spiro atoms. The molecule has 2 nitrogen and oxygen atoms in total. The molecule has 0 saturated carbocycles. The van der Waals surface area contributed by atoms with Gasteiger partial charge in [0.05, 0.1) is 5.84 Å². The van der Waals surface area contributed by atoms with Gasteiger partial charge in [-0.25, -0.2) is 0 Å². The molecule has 0 saturated heterocycles. The molecule has 2 heteroatoms. The molecule has 1 N–H and O–H groups in total. The molecule has 0 aliphatic rings. The minimum Gasteiger partial charge on any atom is -0.344 e. The Hall–Kier alpha value is -1.75. The van der Waals surface area contributed by atoms with E-state index in [-0.39, 0.29) is 0 Å². The summed E-state index contributed by atoms with van der Waals surface area (Å²) in [6.07, 6.45) is 6.18. The van der Waals surface area contributed by atoms with E-state index in [9.17, 15) is 0 Å². The van der Waals surface area contributed by atoms with Crippen LogP contribution in [0, 0.1) is 12.3 Å². The molecule has 0 fully saturated rings. The van der Waals surface area contributed by atoms with Crippen molar-refractivity contribution in [2.45, 2.75) is 20.3 Å². The van der Waals surface area contributed by atoms with Gasteiger partial charge in [-0.1, -0.05) is 25.0 Å². The predicted molar refractivity (Wildman–Crippen MR) is 66.3 cm³/mol. The van der Waals surface area contributed by atoms with E-state index in [2.05, 4.69) is 35.3 Å². The van der Waals surface area contributed by atoms with Crippen LogP contribution in [0.15, 0.2) is 29.3 Å². The first-order chi connectivity index (χ1) is 7.26. The summed E-state index contributed by atoms with van der Waals surface area (Å²) in [6.45, 7) is 4.47. The standard InChI is InChI=1S/C13H16N2/c1-4-10-14-11(3)15-13-8-6-12(5-2)7-9-13/h1,6-9H,5,10H2,2-3H3,(H,14,15). The lowest BCUT2D eigenvalue weighted by Crippen LogP contribution is -2.07. The molecular weight excluding hydrogens is 184 g/mol. The minimum atomic E-state index is 0.422. The summed E-state index contributed by atoms with van der Waals surface area (Å²) >= 11 is 0. The highest BCUT2D eigenvalue weighted by molar-refractivity contribution is 5.93. The van der Waals surface area contributed by atoms with Crippen LogP contribution in [0.25, 0.3) is 0 Å². The van der Waals surface area contributed by atoms with Crippen LogP contribution >= 0.6 is 0 Å². The lowest BCUT2D eigenvalue weighted by molar-refractivity contribution is 1.14. The lowest BCUT2D eigenvalue weighted by atomic mass is 10.1. The summed E-state index contributed by atoms with van der Waals surface area (Å²) < 4.78 is 0. The van der Waals surface area contributed by atoms with E-state index in [1.54, 1.807) is 0 Å². The largest absolute Gasteiger partial charge is 0.344 e. The van der Waals surface area contributed by atoms with Crippen molar-refractivity contribution < 1.29 is 0 Å². The highest BCUT2D eigenvalue weighted by Crippen LogP contribution is 2.09. The Labute approximate surface area is 91.4 Å². The van der Waals surface area contributed by atoms with Gasteiger partial charge in [0.1, 0.15) is 6.54 Å². The van der Waals surface area contributed by atoms with Crippen molar-refractivity contribution in [2.75, 3.05) is 11.9 Å². The molecule has 15 heavy (non-hydrogen) atoms. The van der Waals surface area contributed by atoms with Gasteiger partial charge in [0.2, 0.25) is 0 Å². The van der Waals surface area contributed by atoms with Crippen LogP contribution in [0.3, 0.4) is 0 Å². The first-order valence-electron chi connectivity index (χ1n) is 5.06. The van der Waals surface area contributed by atoms with Gasteiger partial charge in [0.25, 0.3) is 0 Å². The monoisotopic (exact) mass is 200 g/mol. The molecular formula is C13H16N2. The maximum absolute atomic E-state index is 5.12. The number of aryl methyl sites for hydroxylation is 1. The van der Waals surface area contributed by atoms with E-state index in [1.807, 2.05) is 19.1 Å². The number of terminal acetylenes is 1. The molecule has 0 amide bonds. The second-order valence-corrected chi connectivity index (χ2v) is 3.28. The van der Waals surface area contributed by atoms with Gasteiger partial charge in [0, 0.05) is 5.69 Å². The van der Waals surface area contributed by atoms with Crippen LogP contribution in [-0.2, 0) is 6.42 Å². The molecule has 1 aromatic rings. The summed E-state index contributed by atoms with van der Waals surface area (Å²) in [5.74, 6) is 3.32. The number of benzene rings is 1. The Morgan fingerprint density at radius 3 is 2.60 bits per heavy atom. The summed E-state index contributed by atoms with van der Waals surface area (Å²) in [7, 11) is 0. The van der Waals surface area contributed by atoms with Crippen LogP contribution in [0.1, 0.15) is 19.4 Å². The maximum Gasteiger partial charge on any atom is 0.101 e. The normalized spacial score (nSPS) is 10.9. The molecule has 1 aromatic carbocycles. The topological polar surface area (TPSA) is 24.4 Å². The maximum atomic E-state index is 5.12. The number of anilines is 1. The Morgan fingerprint density at radius 2 is 2.07 bits per heavy atom. The van der Waals surface area contributed by atoms with E-state index in [4.69, 9.17) is 6.42 Å². The van der Waals surface area contributed by atoms with Gasteiger partial charge in [-0.2, -0.15) is 0 Å². The van der Waals surface area contributed by atoms with Crippen LogP contribution < -0.4 is 5.32 Å². The Morgan fingerprint density at radius 1 is 1.40 bits per heavy atom. The number of hydrogen-bond donors (Lipinski definition) is 1. The third kappa shape index (κ3) is 3.86. The highest BCUT2D eigenvalue weighted by atomic mass is 15.0. The fraction of sp³-hybridized carbons (Fsp3) is 0.308. The molecule has 0 heterocycles. The third-order valence-electron chi connectivity index (χ3n) is 2.09. The SMILES string of the molecule is C#CCN=C(C)Nc1ccc(CC)cc1. The molecule has 0 aromatic heterocycles. The highest BCUT2D eigenvalue weighted by Gasteiger charge is 1.93. The first-order valence-corrected chi connectivity index (χ1v) is 5.06. The van der Waals surface area contributed by atoms with Gasteiger partial charge < -0.3 is 5.32 Å². The zero-order valence-electron chi connectivity index (χ0n) is 9.25. The Balaban J connectivity index is 2.61. The fourth-order valence-corrected chi connectivity index (χ4v) is 1.24. The zero-order valence-corrected chi connectivity index (χ0v) is 9.25. The van der Waals surface area contributed by atoms with Gasteiger partial charge >= 0.3 is 0 Å². The van der Waals surface area contributed by atoms with Crippen molar-refractivity contribution in [1.29, 1.82) is 0 Å². The van der Waals surface area contributed by atoms with E-state index < -0.39 is 0 Å². The Bertz CT molecular complexity index is 369. The quantitative estimate of drug-likeness (QED) is 0.453. The zero-order chi connectivity index (χ0) is 11.1. The average Bonchev–Trinajstić information content (AvgIpc) is 2.27. The average molecular weight is 200 g/mol. The molecule has 78 valence electrons. The first kappa shape index (κ1) is 11.3. The van der Waals surface area contributed by atoms with E-state index >= 15 is 0 Å². The van der Waals surface area contributed by atoms with Crippen LogP contribution in [-0.4, -0.2) is 12.4 Å². The van der Waals surface area contributed by atoms with Crippen LogP contribution in [0.2, 0.25) is 0 Å². The smallest absolute Gasteiger partial charge is 0.101 e. The van der Waals surface area contributed by atoms with Gasteiger partial charge in [0.15, 0.2) is 0 Å². The van der Waals surface area contributed by atoms with Crippen molar-refractivity contribution in [3.05, 3.63) is 29.8 Å². The van der Waals surface area contributed by atoms with Crippen molar-refractivity contribution in [3.8, 4) is 12.3 Å². The second-order valence-electron chi connectivity index (χ2n) is 3.28. The molecule has 0 radical (unpaired) electrons. The van der Waals surface area contributed by atoms with Crippen molar-refractivity contribution in [2.24, 2.45) is 4.99 Å². The fourth-order valence-electron chi connectivity index (χ4n) is 1.24. The summed E-state index contributed by atoms with van der Waals surface area (Å²) in [6, 6.07) is 8.31. The minimum absolute atomic E-state index is 0.422. The molecule has 0 bridgehead atoms. The summed E-state index contributed by atoms with van der Waals surface area (Å²) in [4.78, 5) is 4.15. The van der Waals surface area contributed by atoms with Crippen LogP contribution in [0.4, 0.5) is 5.69 Å². The Kier molecular flexibility index (Phi) is 4.43. The van der Waals surface area contributed by atoms with Gasteiger partial charge in [-0.3, -0.25) is 4.99 Å². The van der Waals surface area contributed by atoms with Gasteiger partial charge in [-0.15, -0.1) is 6.42 Å². The molecule has 0 aliphatic carbocycles. The number of nitrogens with zero attached hydrogens (tertiary/aromatic N) is 1. The van der Waals surface area contributed by atoms with Crippen molar-refractivity contribution in [3.63, 3.8) is 0 Å². The van der Waals surface area contributed by atoms with E-state index in [0.29, 0.717) is 6.54 Å². The summed E-state index contributed by atoms with van der Waals surface area (Å²) in [5.41, 5.74) is 2.38.